The molecule has 0 amide bonds. The number of benzene rings is 1. The fourth-order valence-electron chi connectivity index (χ4n) is 0.591. The van der Waals surface area contributed by atoms with Gasteiger partial charge in [0.15, 0.2) is 0 Å². The summed E-state index contributed by atoms with van der Waals surface area (Å²) in [6.45, 7) is 0. The van der Waals surface area contributed by atoms with Crippen molar-refractivity contribution in [1.29, 1.82) is 0 Å². The first-order chi connectivity index (χ1) is 5.08. The highest BCUT2D eigenvalue weighted by Gasteiger charge is 2.04. The van der Waals surface area contributed by atoms with E-state index in [0.29, 0.717) is 0 Å². The molecule has 0 radical (unpaired) electrons. The molecule has 0 aliphatic carbocycles. The molecule has 0 saturated heterocycles. The molecule has 60 valence electrons. The summed E-state index contributed by atoms with van der Waals surface area (Å²) in [7, 11) is 0.913. The van der Waals surface area contributed by atoms with Gasteiger partial charge in [0.2, 0.25) is 0 Å². The molecule has 1 rings (SSSR count). The van der Waals surface area contributed by atoms with Crippen molar-refractivity contribution in [2.75, 3.05) is 0 Å². The molecule has 0 aromatic heterocycles. The Balaban J connectivity index is 2.82. The third-order valence-electron chi connectivity index (χ3n) is 0.939. The number of para-hydroxylation sites is 1. The Hall–Kier alpha value is -0.740. The van der Waals surface area contributed by atoms with Gasteiger partial charge in [-0.2, -0.15) is 8.42 Å². The Bertz CT molecular complexity index is 319. The third-order valence-corrected chi connectivity index (χ3v) is 1.52. The van der Waals surface area contributed by atoms with Gasteiger partial charge >= 0.3 is 9.33 Å². The topological polar surface area (TPSA) is 43.4 Å². The molecule has 0 atom stereocenters. The van der Waals surface area contributed by atoms with Gasteiger partial charge in [0.1, 0.15) is 5.75 Å². The Labute approximate surface area is 69.2 Å². The molecule has 3 nitrogen and oxygen atoms in total. The largest absolute Gasteiger partial charge is 0.401 e. The second kappa shape index (κ2) is 3.11. The Morgan fingerprint density at radius 3 is 2.18 bits per heavy atom. The molecular weight excluding hydrogens is 188 g/mol. The van der Waals surface area contributed by atoms with Crippen LogP contribution in [-0.2, 0) is 9.33 Å². The molecular formula is C6H5ClO3S. The number of halogens is 1. The van der Waals surface area contributed by atoms with Gasteiger partial charge in [-0.15, -0.1) is 0 Å². The summed E-state index contributed by atoms with van der Waals surface area (Å²) in [5.41, 5.74) is 0. The quantitative estimate of drug-likeness (QED) is 0.668. The van der Waals surface area contributed by atoms with Crippen LogP contribution in [0, 0.1) is 0 Å². The monoisotopic (exact) mass is 192 g/mol. The zero-order chi connectivity index (χ0) is 8.32. The molecule has 0 fully saturated rings. The lowest BCUT2D eigenvalue weighted by molar-refractivity contribution is 0.503. The fourth-order valence-corrected chi connectivity index (χ4v) is 1.15. The summed E-state index contributed by atoms with van der Waals surface area (Å²) in [5, 5.41) is 0. The van der Waals surface area contributed by atoms with Gasteiger partial charge in [0, 0.05) is 0 Å². The van der Waals surface area contributed by atoms with E-state index >= 15 is 0 Å². The van der Waals surface area contributed by atoms with E-state index in [1.165, 1.54) is 12.1 Å². The van der Waals surface area contributed by atoms with Crippen molar-refractivity contribution in [2.24, 2.45) is 0 Å². The highest BCUT2D eigenvalue weighted by molar-refractivity contribution is 8.10. The van der Waals surface area contributed by atoms with Crippen LogP contribution in [0.5, 0.6) is 5.75 Å². The summed E-state index contributed by atoms with van der Waals surface area (Å²) in [5.74, 6) is 0.211. The second-order valence-electron chi connectivity index (χ2n) is 1.79. The molecule has 0 unspecified atom stereocenters. The normalized spacial score (nSPS) is 11.0. The van der Waals surface area contributed by atoms with Gasteiger partial charge in [0.25, 0.3) is 0 Å². The number of hydrogen-bond donors (Lipinski definition) is 0. The van der Waals surface area contributed by atoms with Crippen LogP contribution < -0.4 is 4.18 Å². The predicted molar refractivity (Wildman–Crippen MR) is 41.8 cm³/mol. The first-order valence-corrected chi connectivity index (χ1v) is 5.00. The van der Waals surface area contributed by atoms with E-state index in [2.05, 4.69) is 4.18 Å². The van der Waals surface area contributed by atoms with Crippen LogP contribution in [0.1, 0.15) is 0 Å². The van der Waals surface area contributed by atoms with Gasteiger partial charge in [-0.1, -0.05) is 18.2 Å². The highest BCUT2D eigenvalue weighted by Crippen LogP contribution is 2.12. The van der Waals surface area contributed by atoms with Crippen molar-refractivity contribution in [3.05, 3.63) is 30.3 Å². The van der Waals surface area contributed by atoms with E-state index in [4.69, 9.17) is 10.7 Å². The Morgan fingerprint density at radius 2 is 1.73 bits per heavy atom. The number of rotatable bonds is 2. The van der Waals surface area contributed by atoms with Crippen LogP contribution in [-0.4, -0.2) is 8.42 Å². The molecule has 0 N–H and O–H groups in total. The first kappa shape index (κ1) is 8.36. The van der Waals surface area contributed by atoms with Crippen LogP contribution in [0.15, 0.2) is 30.3 Å². The summed E-state index contributed by atoms with van der Waals surface area (Å²) >= 11 is 0. The van der Waals surface area contributed by atoms with E-state index in [0.717, 1.165) is 0 Å². The summed E-state index contributed by atoms with van der Waals surface area (Å²) < 4.78 is 25.0. The highest BCUT2D eigenvalue weighted by atomic mass is 35.7. The van der Waals surface area contributed by atoms with E-state index in [9.17, 15) is 8.42 Å². The lowest BCUT2D eigenvalue weighted by Gasteiger charge is -1.97. The van der Waals surface area contributed by atoms with E-state index in [-0.39, 0.29) is 5.75 Å². The maximum atomic E-state index is 10.3. The average molecular weight is 193 g/mol. The van der Waals surface area contributed by atoms with Gasteiger partial charge < -0.3 is 4.18 Å². The fraction of sp³-hybridized carbons (Fsp3) is 0. The molecule has 1 aromatic rings. The molecule has 0 bridgehead atoms. The van der Waals surface area contributed by atoms with Crippen LogP contribution in [0.4, 0.5) is 0 Å². The van der Waals surface area contributed by atoms with Gasteiger partial charge in [-0.05, 0) is 12.1 Å². The van der Waals surface area contributed by atoms with Crippen molar-refractivity contribution in [2.45, 2.75) is 0 Å². The maximum absolute atomic E-state index is 10.3. The predicted octanol–water partition coefficient (Wildman–Crippen LogP) is 1.55. The average Bonchev–Trinajstić information content (AvgIpc) is 1.85. The molecule has 5 heteroatoms. The van der Waals surface area contributed by atoms with E-state index in [1.54, 1.807) is 18.2 Å². The smallest absolute Gasteiger partial charge is 0.371 e. The maximum Gasteiger partial charge on any atom is 0.401 e. The molecule has 0 spiro atoms. The van der Waals surface area contributed by atoms with Crippen molar-refractivity contribution in [1.82, 2.24) is 0 Å². The minimum absolute atomic E-state index is 0.211. The zero-order valence-corrected chi connectivity index (χ0v) is 6.97. The standard InChI is InChI=1S/C6H5ClO3S/c7-11(8,9)10-6-4-2-1-3-5-6/h1-5H. The van der Waals surface area contributed by atoms with Crippen LogP contribution >= 0.6 is 10.7 Å². The van der Waals surface area contributed by atoms with Crippen LogP contribution in [0.25, 0.3) is 0 Å². The Kier molecular flexibility index (Phi) is 2.36. The van der Waals surface area contributed by atoms with Gasteiger partial charge in [-0.25, -0.2) is 0 Å². The SMILES string of the molecule is O=S(=O)(Cl)Oc1ccccc1. The lowest BCUT2D eigenvalue weighted by Crippen LogP contribution is -1.98. The minimum Gasteiger partial charge on any atom is -0.371 e. The first-order valence-electron chi connectivity index (χ1n) is 2.77. The van der Waals surface area contributed by atoms with Crippen LogP contribution in [0.3, 0.4) is 0 Å². The van der Waals surface area contributed by atoms with Crippen molar-refractivity contribution in [3.63, 3.8) is 0 Å². The van der Waals surface area contributed by atoms with E-state index < -0.39 is 9.33 Å². The van der Waals surface area contributed by atoms with Crippen molar-refractivity contribution < 1.29 is 12.6 Å². The molecule has 0 heterocycles. The van der Waals surface area contributed by atoms with Crippen molar-refractivity contribution >= 4 is 20.0 Å². The van der Waals surface area contributed by atoms with Gasteiger partial charge in [0.05, 0.1) is 10.7 Å². The molecule has 0 aliphatic rings. The molecule has 11 heavy (non-hydrogen) atoms. The molecule has 1 aromatic carbocycles. The zero-order valence-electron chi connectivity index (χ0n) is 5.40. The molecule has 0 aliphatic heterocycles. The summed E-state index contributed by atoms with van der Waals surface area (Å²) in [4.78, 5) is 0. The second-order valence-corrected chi connectivity index (χ2v) is 3.88. The molecule has 0 saturated carbocycles. The Morgan fingerprint density at radius 1 is 1.18 bits per heavy atom. The van der Waals surface area contributed by atoms with Crippen molar-refractivity contribution in [3.8, 4) is 5.75 Å². The van der Waals surface area contributed by atoms with Gasteiger partial charge in [-0.3, -0.25) is 0 Å². The summed E-state index contributed by atoms with van der Waals surface area (Å²) in [6.07, 6.45) is 0. The lowest BCUT2D eigenvalue weighted by atomic mass is 10.3. The third kappa shape index (κ3) is 3.25. The van der Waals surface area contributed by atoms with Crippen LogP contribution in [0.2, 0.25) is 0 Å². The van der Waals surface area contributed by atoms with E-state index in [1.807, 2.05) is 0 Å². The number of hydrogen-bond acceptors (Lipinski definition) is 3. The summed E-state index contributed by atoms with van der Waals surface area (Å²) in [6, 6.07) is 8.04. The minimum atomic E-state index is -3.90.